The van der Waals surface area contributed by atoms with Gasteiger partial charge < -0.3 is 9.53 Å². The van der Waals surface area contributed by atoms with Crippen LogP contribution in [0.1, 0.15) is 71.3 Å². The molecule has 1 aliphatic rings. The fourth-order valence-electron chi connectivity index (χ4n) is 4.00. The number of hydrogen-bond acceptors (Lipinski definition) is 3. The topological polar surface area (TPSA) is 63.6 Å². The van der Waals surface area contributed by atoms with Crippen molar-refractivity contribution in [2.24, 2.45) is 5.92 Å². The Balaban J connectivity index is 1.99. The summed E-state index contributed by atoms with van der Waals surface area (Å²) in [7, 11) is -1.91. The first-order chi connectivity index (χ1) is 15.5. The van der Waals surface area contributed by atoms with Crippen LogP contribution in [0.25, 0.3) is 0 Å². The number of carbonyl (C=O) groups is 2. The molecule has 0 bridgehead atoms. The number of hydrogen-bond donors (Lipinski definition) is 1. The first kappa shape index (κ1) is 27.3. The van der Waals surface area contributed by atoms with E-state index < -0.39 is 14.3 Å². The number of benzene rings is 1. The number of ketones is 1. The average Bonchev–Trinajstić information content (AvgIpc) is 3.08. The van der Waals surface area contributed by atoms with E-state index in [1.54, 1.807) is 0 Å². The molecule has 0 fully saturated rings. The van der Waals surface area contributed by atoms with Crippen LogP contribution in [0.4, 0.5) is 0 Å². The van der Waals surface area contributed by atoms with E-state index in [1.165, 1.54) is 11.1 Å². The lowest BCUT2D eigenvalue weighted by Gasteiger charge is -2.39. The minimum atomic E-state index is -1.91. The van der Waals surface area contributed by atoms with Crippen molar-refractivity contribution in [3.8, 4) is 0 Å². The fourth-order valence-corrected chi connectivity index (χ4v) is 5.39. The molecule has 0 amide bonds. The number of allylic oxidation sites excluding steroid dienone is 4. The zero-order valence-corrected chi connectivity index (χ0v) is 22.1. The minimum absolute atomic E-state index is 0.0361. The SMILES string of the molecule is CC(C)(C)[Si](C)(C)O[C@@H](CCC1=CCC(=O)[C@@H]1C/C=C\CCCC(=O)O)Cc1ccccc1. The van der Waals surface area contributed by atoms with Gasteiger partial charge in [-0.05, 0) is 62.2 Å². The van der Waals surface area contributed by atoms with E-state index in [4.69, 9.17) is 9.53 Å². The first-order valence-electron chi connectivity index (χ1n) is 12.3. The zero-order valence-electron chi connectivity index (χ0n) is 21.1. The van der Waals surface area contributed by atoms with Gasteiger partial charge in [-0.2, -0.15) is 0 Å². The van der Waals surface area contributed by atoms with Crippen molar-refractivity contribution < 1.29 is 19.1 Å². The molecule has 0 radical (unpaired) electrons. The molecular formula is C28H42O4Si. The maximum atomic E-state index is 12.5. The van der Waals surface area contributed by atoms with Crippen LogP contribution in [0, 0.1) is 5.92 Å². The van der Waals surface area contributed by atoms with Gasteiger partial charge in [0.2, 0.25) is 0 Å². The summed E-state index contributed by atoms with van der Waals surface area (Å²) in [6, 6.07) is 10.5. The third-order valence-corrected chi connectivity index (χ3v) is 11.6. The second-order valence-electron chi connectivity index (χ2n) is 10.7. The molecule has 1 N–H and O–H groups in total. The average molecular weight is 471 g/mol. The van der Waals surface area contributed by atoms with Gasteiger partial charge in [0.25, 0.3) is 0 Å². The zero-order chi connectivity index (χ0) is 24.5. The van der Waals surface area contributed by atoms with Gasteiger partial charge in [0.05, 0.1) is 0 Å². The Morgan fingerprint density at radius 3 is 2.55 bits per heavy atom. The molecule has 0 unspecified atom stereocenters. The normalized spacial score (nSPS) is 18.0. The van der Waals surface area contributed by atoms with Crippen LogP contribution in [0.5, 0.6) is 0 Å². The second kappa shape index (κ2) is 12.5. The monoisotopic (exact) mass is 470 g/mol. The van der Waals surface area contributed by atoms with Crippen LogP contribution >= 0.6 is 0 Å². The van der Waals surface area contributed by atoms with Crippen molar-refractivity contribution >= 4 is 20.1 Å². The first-order valence-corrected chi connectivity index (χ1v) is 15.2. The highest BCUT2D eigenvalue weighted by Gasteiger charge is 2.39. The summed E-state index contributed by atoms with van der Waals surface area (Å²) in [5, 5.41) is 8.89. The molecule has 0 spiro atoms. The molecule has 0 aliphatic heterocycles. The van der Waals surface area contributed by atoms with Gasteiger partial charge in [0, 0.05) is 24.9 Å². The van der Waals surface area contributed by atoms with E-state index in [2.05, 4.69) is 70.3 Å². The molecule has 0 saturated heterocycles. The highest BCUT2D eigenvalue weighted by Crippen LogP contribution is 2.39. The highest BCUT2D eigenvalue weighted by atomic mass is 28.4. The quantitative estimate of drug-likeness (QED) is 0.189. The second-order valence-corrected chi connectivity index (χ2v) is 15.5. The molecule has 2 rings (SSSR count). The summed E-state index contributed by atoms with van der Waals surface area (Å²) in [5.74, 6) is -0.499. The Hall–Kier alpha value is -1.98. The predicted octanol–water partition coefficient (Wildman–Crippen LogP) is 7.12. The number of rotatable bonds is 13. The number of aliphatic carboxylic acids is 1. The van der Waals surface area contributed by atoms with Crippen molar-refractivity contribution in [1.82, 2.24) is 0 Å². The standard InChI is InChI=1S/C28H42O4Si/c1-28(2,3)33(4,5)32-24(21-22-13-9-8-10-14-22)19-17-23-18-20-26(29)25(23)15-11-6-7-12-16-27(30)31/h6,8-11,13-14,18,24-25H,7,12,15-17,19-21H2,1-5H3,(H,30,31)/b11-6-/t24-,25+/m0/s1. The fraction of sp³-hybridized carbons (Fsp3) is 0.571. The molecule has 0 heterocycles. The summed E-state index contributed by atoms with van der Waals surface area (Å²) < 4.78 is 6.84. The van der Waals surface area contributed by atoms with Gasteiger partial charge in [-0.15, -0.1) is 0 Å². The molecule has 33 heavy (non-hydrogen) atoms. The van der Waals surface area contributed by atoms with E-state index in [0.717, 1.165) is 25.7 Å². The lowest BCUT2D eigenvalue weighted by atomic mass is 9.91. The van der Waals surface area contributed by atoms with E-state index in [9.17, 15) is 9.59 Å². The molecule has 4 nitrogen and oxygen atoms in total. The molecule has 1 aromatic rings. The van der Waals surface area contributed by atoms with Crippen LogP contribution in [0.15, 0.2) is 54.1 Å². The molecule has 0 saturated carbocycles. The molecular weight excluding hydrogens is 428 g/mol. The smallest absolute Gasteiger partial charge is 0.303 e. The van der Waals surface area contributed by atoms with Crippen molar-refractivity contribution in [3.05, 3.63) is 59.7 Å². The number of carboxylic acids is 1. The molecule has 1 aromatic carbocycles. The molecule has 5 heteroatoms. The van der Waals surface area contributed by atoms with Crippen LogP contribution in [-0.2, 0) is 20.4 Å². The number of carbonyl (C=O) groups excluding carboxylic acids is 1. The van der Waals surface area contributed by atoms with Gasteiger partial charge in [0.15, 0.2) is 8.32 Å². The summed E-state index contributed by atoms with van der Waals surface area (Å²) >= 11 is 0. The summed E-state index contributed by atoms with van der Waals surface area (Å²) in [6.45, 7) is 11.4. The molecule has 2 atom stereocenters. The predicted molar refractivity (Wildman–Crippen MR) is 138 cm³/mol. The van der Waals surface area contributed by atoms with E-state index in [0.29, 0.717) is 25.0 Å². The van der Waals surface area contributed by atoms with Crippen LogP contribution < -0.4 is 0 Å². The van der Waals surface area contributed by atoms with Crippen LogP contribution in [0.2, 0.25) is 18.1 Å². The maximum absolute atomic E-state index is 12.5. The third-order valence-electron chi connectivity index (χ3n) is 7.03. The Kier molecular flexibility index (Phi) is 10.3. The minimum Gasteiger partial charge on any atom is -0.481 e. The van der Waals surface area contributed by atoms with Gasteiger partial charge in [0.1, 0.15) is 5.78 Å². The van der Waals surface area contributed by atoms with Gasteiger partial charge in [-0.1, -0.05) is 74.9 Å². The highest BCUT2D eigenvalue weighted by molar-refractivity contribution is 6.74. The largest absolute Gasteiger partial charge is 0.481 e. The number of Topliss-reactive ketones (excluding diaryl/α,β-unsaturated/α-hetero) is 1. The van der Waals surface area contributed by atoms with E-state index in [-0.39, 0.29) is 23.5 Å². The summed E-state index contributed by atoms with van der Waals surface area (Å²) in [6.07, 6.45) is 11.8. The van der Waals surface area contributed by atoms with E-state index in [1.807, 2.05) is 12.1 Å². The lowest BCUT2D eigenvalue weighted by Crippen LogP contribution is -2.44. The number of carboxylic acid groups (broad SMARTS) is 1. The Morgan fingerprint density at radius 1 is 1.21 bits per heavy atom. The van der Waals surface area contributed by atoms with Crippen molar-refractivity contribution in [2.75, 3.05) is 0 Å². The van der Waals surface area contributed by atoms with Gasteiger partial charge in [-0.3, -0.25) is 9.59 Å². The van der Waals surface area contributed by atoms with Crippen molar-refractivity contribution in [3.63, 3.8) is 0 Å². The maximum Gasteiger partial charge on any atom is 0.303 e. The molecule has 0 aromatic heterocycles. The van der Waals surface area contributed by atoms with Gasteiger partial charge >= 0.3 is 5.97 Å². The Labute approximate surface area is 201 Å². The Morgan fingerprint density at radius 2 is 1.91 bits per heavy atom. The third kappa shape index (κ3) is 9.05. The van der Waals surface area contributed by atoms with Crippen molar-refractivity contribution in [1.29, 1.82) is 0 Å². The Bertz CT molecular complexity index is 833. The van der Waals surface area contributed by atoms with E-state index >= 15 is 0 Å². The lowest BCUT2D eigenvalue weighted by molar-refractivity contribution is -0.137. The molecule has 182 valence electrons. The van der Waals surface area contributed by atoms with Crippen LogP contribution in [0.3, 0.4) is 0 Å². The van der Waals surface area contributed by atoms with Crippen molar-refractivity contribution in [2.45, 2.75) is 96.4 Å². The summed E-state index contributed by atoms with van der Waals surface area (Å²) in [5.41, 5.74) is 2.53. The van der Waals surface area contributed by atoms with Gasteiger partial charge in [-0.25, -0.2) is 0 Å². The summed E-state index contributed by atoms with van der Waals surface area (Å²) in [4.78, 5) is 23.1. The molecule has 1 aliphatic carbocycles. The number of unbranched alkanes of at least 4 members (excludes halogenated alkanes) is 1. The van der Waals surface area contributed by atoms with Crippen LogP contribution in [-0.4, -0.2) is 31.3 Å².